The number of aliphatic hydroxyl groups excluding tert-OH is 1. The molecule has 0 spiro atoms. The smallest absolute Gasteiger partial charge is 0.261 e. The van der Waals surface area contributed by atoms with Crippen LogP contribution in [-0.2, 0) is 6.61 Å². The maximum absolute atomic E-state index is 13.3. The van der Waals surface area contributed by atoms with Crippen molar-refractivity contribution in [1.82, 2.24) is 4.98 Å². The summed E-state index contributed by atoms with van der Waals surface area (Å²) in [6, 6.07) is 14.9. The Morgan fingerprint density at radius 3 is 2.44 bits per heavy atom. The van der Waals surface area contributed by atoms with E-state index in [9.17, 15) is 9.90 Å². The second-order valence-corrected chi connectivity index (χ2v) is 8.57. The van der Waals surface area contributed by atoms with Crippen LogP contribution < -0.4 is 10.9 Å². The summed E-state index contributed by atoms with van der Waals surface area (Å²) in [5, 5.41) is 13.3. The summed E-state index contributed by atoms with van der Waals surface area (Å²) in [6.07, 6.45) is 1.59. The van der Waals surface area contributed by atoms with Crippen molar-refractivity contribution in [3.05, 3.63) is 92.7 Å². The molecule has 162 valence electrons. The molecule has 7 heteroatoms. The van der Waals surface area contributed by atoms with Crippen LogP contribution in [0.25, 0.3) is 11.0 Å². The second kappa shape index (κ2) is 9.06. The van der Waals surface area contributed by atoms with E-state index in [1.165, 1.54) is 0 Å². The fourth-order valence-electron chi connectivity index (χ4n) is 3.52. The Bertz CT molecular complexity index is 1370. The van der Waals surface area contributed by atoms with Crippen molar-refractivity contribution in [1.29, 1.82) is 0 Å². The zero-order chi connectivity index (χ0) is 22.8. The number of aryl methyl sites for hydroxylation is 3. The summed E-state index contributed by atoms with van der Waals surface area (Å²) in [6.45, 7) is 5.58. The molecule has 0 bridgehead atoms. The molecule has 2 N–H and O–H groups in total. The van der Waals surface area contributed by atoms with Crippen LogP contribution in [0.3, 0.4) is 0 Å². The topological polar surface area (TPSA) is 87.7 Å². The number of fused-ring (bicyclic) bond motifs is 1. The van der Waals surface area contributed by atoms with Gasteiger partial charge < -0.3 is 14.8 Å². The number of pyridine rings is 1. The minimum absolute atomic E-state index is 0.178. The molecule has 1 amide bonds. The van der Waals surface area contributed by atoms with E-state index in [4.69, 9.17) is 4.42 Å². The average Bonchev–Trinajstić information content (AvgIpc) is 2.75. The highest BCUT2D eigenvalue weighted by Gasteiger charge is 2.16. The molecule has 0 aliphatic heterocycles. The Balaban J connectivity index is 1.93. The summed E-state index contributed by atoms with van der Waals surface area (Å²) in [5.41, 5.74) is 5.60. The molecule has 0 radical (unpaired) electrons. The predicted molar refractivity (Wildman–Crippen MR) is 128 cm³/mol. The number of carbonyl (C=O) groups is 1. The van der Waals surface area contributed by atoms with Gasteiger partial charge in [0, 0.05) is 27.3 Å². The fourth-order valence-corrected chi connectivity index (χ4v) is 3.79. The zero-order valence-corrected chi connectivity index (χ0v) is 19.5. The molecular weight excluding hydrogens is 470 g/mol. The minimum atomic E-state index is -0.362. The van der Waals surface area contributed by atoms with Crippen LogP contribution in [0, 0.1) is 20.8 Å². The average molecular weight is 492 g/mol. The van der Waals surface area contributed by atoms with Crippen molar-refractivity contribution in [2.75, 3.05) is 5.32 Å². The lowest BCUT2D eigenvalue weighted by Crippen LogP contribution is -2.22. The van der Waals surface area contributed by atoms with E-state index < -0.39 is 0 Å². The molecule has 0 fully saturated rings. The molecule has 32 heavy (non-hydrogen) atoms. The lowest BCUT2D eigenvalue weighted by atomic mass is 10.1. The van der Waals surface area contributed by atoms with Crippen molar-refractivity contribution in [2.24, 2.45) is 4.99 Å². The van der Waals surface area contributed by atoms with Gasteiger partial charge in [-0.1, -0.05) is 22.0 Å². The van der Waals surface area contributed by atoms with Crippen LogP contribution in [0.15, 0.2) is 68.6 Å². The standard InChI is InChI=1S/C25H22BrN3O3/c1-14-8-15(2)10-20(9-14)29-25-22(24(31)28-19-6-4-18(26)5-7-19)11-21-17(13-30)12-27-16(3)23(21)32-25/h4-12,30H,13H2,1-3H3,(H,28,31). The molecule has 0 atom stereocenters. The minimum Gasteiger partial charge on any atom is -0.436 e. The summed E-state index contributed by atoms with van der Waals surface area (Å²) < 4.78 is 7.03. The van der Waals surface area contributed by atoms with Crippen molar-refractivity contribution < 1.29 is 14.3 Å². The molecule has 0 saturated heterocycles. The van der Waals surface area contributed by atoms with Gasteiger partial charge >= 0.3 is 0 Å². The normalized spacial score (nSPS) is 11.7. The number of anilines is 1. The van der Waals surface area contributed by atoms with Gasteiger partial charge in [-0.3, -0.25) is 9.78 Å². The van der Waals surface area contributed by atoms with Gasteiger partial charge in [0.05, 0.1) is 18.0 Å². The van der Waals surface area contributed by atoms with E-state index in [0.717, 1.165) is 15.6 Å². The van der Waals surface area contributed by atoms with E-state index in [1.807, 2.05) is 45.0 Å². The molecule has 2 aromatic heterocycles. The maximum Gasteiger partial charge on any atom is 0.261 e. The highest BCUT2D eigenvalue weighted by Crippen LogP contribution is 2.23. The van der Waals surface area contributed by atoms with Crippen LogP contribution in [0.1, 0.15) is 32.7 Å². The number of benzene rings is 2. The third-order valence-electron chi connectivity index (χ3n) is 5.01. The van der Waals surface area contributed by atoms with Crippen molar-refractivity contribution in [3.63, 3.8) is 0 Å². The molecule has 0 aliphatic carbocycles. The monoisotopic (exact) mass is 491 g/mol. The number of nitrogens with zero attached hydrogens (tertiary/aromatic N) is 2. The highest BCUT2D eigenvalue weighted by atomic mass is 79.9. The number of hydrogen-bond donors (Lipinski definition) is 2. The number of amides is 1. The van der Waals surface area contributed by atoms with Crippen molar-refractivity contribution in [3.8, 4) is 0 Å². The summed E-state index contributed by atoms with van der Waals surface area (Å²) >= 11 is 3.39. The van der Waals surface area contributed by atoms with Gasteiger partial charge in [0.1, 0.15) is 5.56 Å². The number of halogens is 1. The predicted octanol–water partition coefficient (Wildman–Crippen LogP) is 5.49. The Morgan fingerprint density at radius 1 is 1.09 bits per heavy atom. The quantitative estimate of drug-likeness (QED) is 0.394. The lowest BCUT2D eigenvalue weighted by Gasteiger charge is -2.10. The van der Waals surface area contributed by atoms with Gasteiger partial charge in [0.2, 0.25) is 5.55 Å². The van der Waals surface area contributed by atoms with Crippen LogP contribution in [0.4, 0.5) is 11.4 Å². The fraction of sp³-hybridized carbons (Fsp3) is 0.160. The number of rotatable bonds is 4. The SMILES string of the molecule is Cc1cc(C)cc(N=c2oc3c(C)ncc(CO)c3cc2C(=O)Nc2ccc(Br)cc2)c1. The van der Waals surface area contributed by atoms with Gasteiger partial charge in [0.15, 0.2) is 5.58 Å². The lowest BCUT2D eigenvalue weighted by molar-refractivity contribution is 0.102. The first-order valence-electron chi connectivity index (χ1n) is 10.1. The molecule has 0 saturated carbocycles. The van der Waals surface area contributed by atoms with Gasteiger partial charge in [-0.15, -0.1) is 0 Å². The first-order chi connectivity index (χ1) is 15.3. The molecule has 0 aliphatic rings. The summed E-state index contributed by atoms with van der Waals surface area (Å²) in [5.74, 6) is -0.362. The number of nitrogens with one attached hydrogen (secondary N) is 1. The van der Waals surface area contributed by atoms with Gasteiger partial charge in [-0.25, -0.2) is 4.99 Å². The van der Waals surface area contributed by atoms with Gasteiger partial charge in [0.25, 0.3) is 5.91 Å². The van der Waals surface area contributed by atoms with E-state index in [2.05, 4.69) is 37.3 Å². The third kappa shape index (κ3) is 4.64. The molecule has 4 aromatic rings. The Hall–Kier alpha value is -3.29. The number of hydrogen-bond acceptors (Lipinski definition) is 5. The highest BCUT2D eigenvalue weighted by molar-refractivity contribution is 9.10. The van der Waals surface area contributed by atoms with Gasteiger partial charge in [-0.2, -0.15) is 0 Å². The summed E-state index contributed by atoms with van der Waals surface area (Å²) in [4.78, 5) is 22.2. The molecule has 4 rings (SSSR count). The van der Waals surface area contributed by atoms with Crippen LogP contribution in [-0.4, -0.2) is 16.0 Å². The van der Waals surface area contributed by atoms with Crippen molar-refractivity contribution >= 4 is 44.2 Å². The zero-order valence-electron chi connectivity index (χ0n) is 17.9. The van der Waals surface area contributed by atoms with Crippen molar-refractivity contribution in [2.45, 2.75) is 27.4 Å². The van der Waals surface area contributed by atoms with E-state index in [-0.39, 0.29) is 23.6 Å². The molecular formula is C25H22BrN3O3. The largest absolute Gasteiger partial charge is 0.436 e. The number of aliphatic hydroxyl groups is 1. The first-order valence-corrected chi connectivity index (χ1v) is 10.9. The Morgan fingerprint density at radius 2 is 1.78 bits per heavy atom. The van der Waals surface area contributed by atoms with E-state index in [0.29, 0.717) is 33.6 Å². The van der Waals surface area contributed by atoms with E-state index >= 15 is 0 Å². The second-order valence-electron chi connectivity index (χ2n) is 7.65. The molecule has 6 nitrogen and oxygen atoms in total. The molecule has 2 aromatic carbocycles. The first kappa shape index (κ1) is 21.9. The summed E-state index contributed by atoms with van der Waals surface area (Å²) in [7, 11) is 0. The van der Waals surface area contributed by atoms with Crippen LogP contribution in [0.2, 0.25) is 0 Å². The maximum atomic E-state index is 13.3. The molecule has 0 unspecified atom stereocenters. The van der Waals surface area contributed by atoms with Crippen LogP contribution in [0.5, 0.6) is 0 Å². The number of carbonyl (C=O) groups excluding carboxylic acids is 1. The number of aromatic nitrogens is 1. The third-order valence-corrected chi connectivity index (χ3v) is 5.53. The Kier molecular flexibility index (Phi) is 6.21. The Labute approximate surface area is 193 Å². The van der Waals surface area contributed by atoms with Gasteiger partial charge in [-0.05, 0) is 74.4 Å². The molecule has 2 heterocycles. The van der Waals surface area contributed by atoms with E-state index in [1.54, 1.807) is 24.4 Å². The van der Waals surface area contributed by atoms with Crippen LogP contribution >= 0.6 is 15.9 Å².